The summed E-state index contributed by atoms with van der Waals surface area (Å²) >= 11 is 0. The highest BCUT2D eigenvalue weighted by Gasteiger charge is 2.40. The van der Waals surface area contributed by atoms with E-state index < -0.39 is 18.9 Å². The Balaban J connectivity index is 3.22. The first-order valence-corrected chi connectivity index (χ1v) is 8.05. The lowest BCUT2D eigenvalue weighted by molar-refractivity contribution is -0.114. The minimum Gasteiger partial charge on any atom is -0.321 e. The highest BCUT2D eigenvalue weighted by molar-refractivity contribution is 7.83. The molecule has 106 valence electrons. The van der Waals surface area contributed by atoms with Crippen LogP contribution < -0.4 is 11.0 Å². The molecule has 5 heteroatoms. The van der Waals surface area contributed by atoms with Gasteiger partial charge in [0.15, 0.2) is 0 Å². The van der Waals surface area contributed by atoms with E-state index in [1.807, 2.05) is 13.8 Å². The van der Waals surface area contributed by atoms with Gasteiger partial charge >= 0.3 is 0 Å². The van der Waals surface area contributed by atoms with Gasteiger partial charge in [-0.15, -0.1) is 0 Å². The average molecular weight is 283 g/mol. The molecule has 0 amide bonds. The van der Waals surface area contributed by atoms with Gasteiger partial charge in [-0.1, -0.05) is 32.0 Å². The standard InChI is InChI=1S/C14H22NO3P/c1-10(2)13(15)14(16)19(17,18-11(3)4)12-8-6-5-7-9-12/h5-11,13H,15H2,1-4H3/t13-,19?/m0/s1. The van der Waals surface area contributed by atoms with Crippen molar-refractivity contribution < 1.29 is 13.9 Å². The van der Waals surface area contributed by atoms with Crippen LogP contribution in [0.2, 0.25) is 0 Å². The van der Waals surface area contributed by atoms with Crippen LogP contribution in [0.4, 0.5) is 0 Å². The van der Waals surface area contributed by atoms with Gasteiger partial charge in [0.2, 0.25) is 5.52 Å². The number of nitrogens with two attached hydrogens (primary N) is 1. The second-order valence-corrected chi connectivity index (χ2v) is 7.42. The van der Waals surface area contributed by atoms with E-state index in [1.165, 1.54) is 0 Å². The van der Waals surface area contributed by atoms with E-state index in [4.69, 9.17) is 10.3 Å². The fourth-order valence-electron chi connectivity index (χ4n) is 1.64. The lowest BCUT2D eigenvalue weighted by Gasteiger charge is -2.24. The summed E-state index contributed by atoms with van der Waals surface area (Å²) in [4.78, 5) is 12.4. The monoisotopic (exact) mass is 283 g/mol. The maximum Gasteiger partial charge on any atom is 0.297 e. The quantitative estimate of drug-likeness (QED) is 0.814. The molecule has 0 heterocycles. The van der Waals surface area contributed by atoms with Gasteiger partial charge in [0, 0.05) is 5.30 Å². The van der Waals surface area contributed by atoms with Crippen molar-refractivity contribution in [1.82, 2.24) is 0 Å². The van der Waals surface area contributed by atoms with E-state index in [-0.39, 0.29) is 12.0 Å². The molecule has 0 bridgehead atoms. The summed E-state index contributed by atoms with van der Waals surface area (Å²) in [6, 6.07) is 7.78. The van der Waals surface area contributed by atoms with Crippen molar-refractivity contribution in [2.75, 3.05) is 0 Å². The number of benzene rings is 1. The molecule has 0 saturated heterocycles. The van der Waals surface area contributed by atoms with Gasteiger partial charge in [-0.3, -0.25) is 9.36 Å². The van der Waals surface area contributed by atoms with Crippen molar-refractivity contribution in [1.29, 1.82) is 0 Å². The van der Waals surface area contributed by atoms with Gasteiger partial charge in [-0.2, -0.15) is 0 Å². The summed E-state index contributed by atoms with van der Waals surface area (Å²) in [5, 5.41) is 0.407. The van der Waals surface area contributed by atoms with E-state index in [1.54, 1.807) is 44.2 Å². The maximum atomic E-state index is 13.0. The van der Waals surface area contributed by atoms with Crippen LogP contribution in [-0.4, -0.2) is 17.7 Å². The summed E-state index contributed by atoms with van der Waals surface area (Å²) in [5.41, 5.74) is 5.35. The number of hydrogen-bond acceptors (Lipinski definition) is 4. The molecular formula is C14H22NO3P. The molecule has 0 aromatic heterocycles. The largest absolute Gasteiger partial charge is 0.321 e. The topological polar surface area (TPSA) is 69.4 Å². The van der Waals surface area contributed by atoms with Crippen molar-refractivity contribution >= 4 is 18.2 Å². The zero-order valence-corrected chi connectivity index (χ0v) is 12.8. The van der Waals surface area contributed by atoms with Gasteiger partial charge in [-0.05, 0) is 31.9 Å². The number of carbonyl (C=O) groups is 1. The number of carbonyl (C=O) groups excluding carboxylic acids is 1. The minimum atomic E-state index is -3.59. The third kappa shape index (κ3) is 3.75. The molecule has 0 aliphatic carbocycles. The normalized spacial score (nSPS) is 16.4. The van der Waals surface area contributed by atoms with Crippen molar-refractivity contribution in [3.8, 4) is 0 Å². The van der Waals surface area contributed by atoms with Crippen LogP contribution in [0.3, 0.4) is 0 Å². The van der Waals surface area contributed by atoms with Crippen LogP contribution in [0.25, 0.3) is 0 Å². The van der Waals surface area contributed by atoms with Crippen molar-refractivity contribution in [2.45, 2.75) is 39.8 Å². The average Bonchev–Trinajstić information content (AvgIpc) is 2.37. The van der Waals surface area contributed by atoms with Crippen molar-refractivity contribution in [2.24, 2.45) is 11.7 Å². The highest BCUT2D eigenvalue weighted by atomic mass is 31.2. The molecule has 1 aromatic carbocycles. The van der Waals surface area contributed by atoms with E-state index in [2.05, 4.69) is 0 Å². The Kier molecular flexibility index (Phi) is 5.48. The predicted molar refractivity (Wildman–Crippen MR) is 77.7 cm³/mol. The molecule has 1 rings (SSSR count). The molecule has 4 nitrogen and oxygen atoms in total. The summed E-state index contributed by atoms with van der Waals surface area (Å²) in [5.74, 6) is -0.0831. The zero-order valence-electron chi connectivity index (χ0n) is 11.9. The van der Waals surface area contributed by atoms with Gasteiger partial charge in [-0.25, -0.2) is 0 Å². The molecule has 0 saturated carbocycles. The van der Waals surface area contributed by atoms with Crippen molar-refractivity contribution in [3.05, 3.63) is 30.3 Å². The number of rotatable bonds is 6. The molecule has 2 N–H and O–H groups in total. The SMILES string of the molecule is CC(C)OP(=O)(C(=O)[C@@H](N)C(C)C)c1ccccc1. The molecule has 0 spiro atoms. The lowest BCUT2D eigenvalue weighted by atomic mass is 10.1. The minimum absolute atomic E-state index is 0.0831. The lowest BCUT2D eigenvalue weighted by Crippen LogP contribution is -2.38. The first kappa shape index (κ1) is 16.1. The third-order valence-electron chi connectivity index (χ3n) is 2.75. The molecule has 19 heavy (non-hydrogen) atoms. The molecular weight excluding hydrogens is 261 g/mol. The predicted octanol–water partition coefficient (Wildman–Crippen LogP) is 2.52. The Hall–Kier alpha value is -0.960. The summed E-state index contributed by atoms with van der Waals surface area (Å²) in [6.07, 6.45) is -0.311. The summed E-state index contributed by atoms with van der Waals surface area (Å²) < 4.78 is 18.5. The molecule has 1 unspecified atom stereocenters. The fraction of sp³-hybridized carbons (Fsp3) is 0.500. The highest BCUT2D eigenvalue weighted by Crippen LogP contribution is 2.49. The third-order valence-corrected chi connectivity index (χ3v) is 5.32. The second kappa shape index (κ2) is 6.47. The van der Waals surface area contributed by atoms with Gasteiger partial charge in [0.1, 0.15) is 0 Å². The van der Waals surface area contributed by atoms with Crippen LogP contribution >= 0.6 is 7.37 Å². The van der Waals surface area contributed by atoms with E-state index >= 15 is 0 Å². The first-order chi connectivity index (χ1) is 8.79. The van der Waals surface area contributed by atoms with E-state index in [9.17, 15) is 9.36 Å². The molecule has 0 fully saturated rings. The zero-order chi connectivity index (χ0) is 14.6. The first-order valence-electron chi connectivity index (χ1n) is 6.43. The summed E-state index contributed by atoms with van der Waals surface area (Å²) in [7, 11) is -3.59. The van der Waals surface area contributed by atoms with Crippen LogP contribution in [0.5, 0.6) is 0 Å². The Labute approximate surface area is 114 Å². The molecule has 0 aliphatic rings. The maximum absolute atomic E-state index is 13.0. The second-order valence-electron chi connectivity index (χ2n) is 5.15. The van der Waals surface area contributed by atoms with Gasteiger partial charge in [0.05, 0.1) is 12.1 Å². The Morgan fingerprint density at radius 2 is 1.68 bits per heavy atom. The Bertz CT molecular complexity index is 471. The molecule has 0 radical (unpaired) electrons. The Morgan fingerprint density at radius 3 is 2.11 bits per heavy atom. The number of hydrogen-bond donors (Lipinski definition) is 1. The van der Waals surface area contributed by atoms with Gasteiger partial charge in [0.25, 0.3) is 7.37 Å². The smallest absolute Gasteiger partial charge is 0.297 e. The van der Waals surface area contributed by atoms with Crippen LogP contribution in [0, 0.1) is 5.92 Å². The van der Waals surface area contributed by atoms with Crippen LogP contribution in [-0.2, 0) is 13.9 Å². The fourth-order valence-corrected chi connectivity index (χ4v) is 3.97. The van der Waals surface area contributed by atoms with Crippen molar-refractivity contribution in [3.63, 3.8) is 0 Å². The van der Waals surface area contributed by atoms with Crippen LogP contribution in [0.15, 0.2) is 30.3 Å². The van der Waals surface area contributed by atoms with Gasteiger partial charge < -0.3 is 10.3 Å². The molecule has 1 aromatic rings. The van der Waals surface area contributed by atoms with E-state index in [0.717, 1.165) is 0 Å². The van der Waals surface area contributed by atoms with Crippen LogP contribution in [0.1, 0.15) is 27.7 Å². The molecule has 0 aliphatic heterocycles. The summed E-state index contributed by atoms with van der Waals surface area (Å²) in [6.45, 7) is 7.16. The van der Waals surface area contributed by atoms with E-state index in [0.29, 0.717) is 5.30 Å². The molecule has 2 atom stereocenters. The Morgan fingerprint density at radius 1 is 1.16 bits per heavy atom.